The highest BCUT2D eigenvalue weighted by atomic mass is 32.2. The molecule has 0 spiro atoms. The van der Waals surface area contributed by atoms with E-state index in [9.17, 15) is 13.2 Å². The van der Waals surface area contributed by atoms with Crippen LogP contribution in [0.1, 0.15) is 31.4 Å². The van der Waals surface area contributed by atoms with Crippen LogP contribution in [-0.4, -0.2) is 53.0 Å². The third-order valence-electron chi connectivity index (χ3n) is 5.72. The van der Waals surface area contributed by atoms with Crippen molar-refractivity contribution in [2.24, 2.45) is 5.92 Å². The van der Waals surface area contributed by atoms with E-state index in [2.05, 4.69) is 5.32 Å². The number of hydrogen-bond donors (Lipinski definition) is 1. The number of methoxy groups -OCH3 is 3. The minimum absolute atomic E-state index is 0.0343. The van der Waals surface area contributed by atoms with Gasteiger partial charge in [-0.15, -0.1) is 0 Å². The summed E-state index contributed by atoms with van der Waals surface area (Å²) in [5, 5.41) is 3.01. The average Bonchev–Trinajstić information content (AvgIpc) is 2.83. The highest BCUT2D eigenvalue weighted by molar-refractivity contribution is 7.89. The van der Waals surface area contributed by atoms with Crippen molar-refractivity contribution in [3.05, 3.63) is 48.0 Å². The van der Waals surface area contributed by atoms with Crippen LogP contribution in [0.2, 0.25) is 0 Å². The van der Waals surface area contributed by atoms with Crippen molar-refractivity contribution in [3.63, 3.8) is 0 Å². The van der Waals surface area contributed by atoms with Gasteiger partial charge >= 0.3 is 0 Å². The summed E-state index contributed by atoms with van der Waals surface area (Å²) in [5.41, 5.74) is 0.945. The second kappa shape index (κ2) is 10.2. The van der Waals surface area contributed by atoms with Crippen molar-refractivity contribution in [2.45, 2.75) is 30.7 Å². The van der Waals surface area contributed by atoms with Crippen molar-refractivity contribution in [1.82, 2.24) is 9.62 Å². The summed E-state index contributed by atoms with van der Waals surface area (Å²) in [7, 11) is 0.644. The number of nitrogens with zero attached hydrogens (tertiary/aromatic N) is 1. The number of ether oxygens (including phenoxy) is 3. The maximum absolute atomic E-state index is 13.4. The maximum atomic E-state index is 13.4. The summed E-state index contributed by atoms with van der Waals surface area (Å²) in [6.07, 6.45) is 1.23. The van der Waals surface area contributed by atoms with Gasteiger partial charge < -0.3 is 19.5 Å². The fraction of sp³-hybridized carbons (Fsp3) is 0.435. The molecule has 1 heterocycles. The van der Waals surface area contributed by atoms with Crippen LogP contribution < -0.4 is 19.5 Å². The number of rotatable bonds is 8. The number of nitrogens with one attached hydrogen (secondary N) is 1. The molecule has 0 unspecified atom stereocenters. The van der Waals surface area contributed by atoms with Gasteiger partial charge in [0.1, 0.15) is 22.1 Å². The first kappa shape index (κ1) is 23.9. The summed E-state index contributed by atoms with van der Waals surface area (Å²) in [6, 6.07) is 11.9. The molecule has 1 amide bonds. The van der Waals surface area contributed by atoms with Crippen molar-refractivity contribution >= 4 is 15.9 Å². The lowest BCUT2D eigenvalue weighted by Crippen LogP contribution is -2.45. The molecule has 2 atom stereocenters. The number of sulfonamides is 1. The Morgan fingerprint density at radius 1 is 1.03 bits per heavy atom. The molecule has 0 aliphatic carbocycles. The smallest absolute Gasteiger partial charge is 0.246 e. The van der Waals surface area contributed by atoms with Crippen LogP contribution in [0, 0.1) is 5.92 Å². The van der Waals surface area contributed by atoms with Crippen LogP contribution in [0.5, 0.6) is 17.2 Å². The second-order valence-electron chi connectivity index (χ2n) is 7.72. The van der Waals surface area contributed by atoms with Gasteiger partial charge in [0.05, 0.1) is 33.3 Å². The predicted molar refractivity (Wildman–Crippen MR) is 121 cm³/mol. The van der Waals surface area contributed by atoms with Crippen molar-refractivity contribution in [2.75, 3.05) is 34.4 Å². The normalized spacial score (nSPS) is 17.9. The Labute approximate surface area is 189 Å². The Kier molecular flexibility index (Phi) is 7.63. The van der Waals surface area contributed by atoms with E-state index in [-0.39, 0.29) is 29.1 Å². The fourth-order valence-electron chi connectivity index (χ4n) is 3.81. The molecule has 3 rings (SSSR count). The van der Waals surface area contributed by atoms with Crippen LogP contribution in [-0.2, 0) is 14.8 Å². The standard InChI is InChI=1S/C23H30N2O6S/c1-16(17-7-9-19(29-2)10-8-17)24-23(26)18-6-5-13-25(15-18)32(27,28)22-14-20(30-3)11-12-21(22)31-4/h7-12,14,16,18H,5-6,13,15H2,1-4H3,(H,24,26)/t16-,18-/m0/s1. The van der Waals surface area contributed by atoms with Crippen LogP contribution >= 0.6 is 0 Å². The molecule has 1 saturated heterocycles. The van der Waals surface area contributed by atoms with Gasteiger partial charge in [0.15, 0.2) is 0 Å². The largest absolute Gasteiger partial charge is 0.497 e. The van der Waals surface area contributed by atoms with E-state index in [1.54, 1.807) is 19.2 Å². The number of hydrogen-bond acceptors (Lipinski definition) is 6. The van der Waals surface area contributed by atoms with E-state index in [1.165, 1.54) is 24.6 Å². The molecule has 1 fully saturated rings. The third kappa shape index (κ3) is 5.16. The first-order valence-corrected chi connectivity index (χ1v) is 11.9. The second-order valence-corrected chi connectivity index (χ2v) is 9.63. The minimum atomic E-state index is -3.86. The molecule has 1 N–H and O–H groups in total. The van der Waals surface area contributed by atoms with Gasteiger partial charge in [-0.1, -0.05) is 12.1 Å². The molecule has 9 heteroatoms. The molecular weight excluding hydrogens is 432 g/mol. The van der Waals surface area contributed by atoms with Crippen molar-refractivity contribution in [1.29, 1.82) is 0 Å². The van der Waals surface area contributed by atoms with Gasteiger partial charge in [-0.2, -0.15) is 4.31 Å². The van der Waals surface area contributed by atoms with E-state index in [0.29, 0.717) is 25.1 Å². The number of benzene rings is 2. The lowest BCUT2D eigenvalue weighted by atomic mass is 9.98. The van der Waals surface area contributed by atoms with Crippen LogP contribution in [0.3, 0.4) is 0 Å². The van der Waals surface area contributed by atoms with Gasteiger partial charge in [-0.25, -0.2) is 8.42 Å². The number of amides is 1. The maximum Gasteiger partial charge on any atom is 0.246 e. The molecule has 174 valence electrons. The molecule has 32 heavy (non-hydrogen) atoms. The summed E-state index contributed by atoms with van der Waals surface area (Å²) in [5.74, 6) is 0.810. The van der Waals surface area contributed by atoms with Gasteiger partial charge in [-0.05, 0) is 49.6 Å². The van der Waals surface area contributed by atoms with Gasteiger partial charge in [0.2, 0.25) is 15.9 Å². The zero-order chi connectivity index (χ0) is 23.3. The van der Waals surface area contributed by atoms with E-state index < -0.39 is 15.9 Å². The first-order chi connectivity index (χ1) is 15.3. The number of piperidine rings is 1. The average molecular weight is 463 g/mol. The summed E-state index contributed by atoms with van der Waals surface area (Å²) < 4.78 is 43.7. The minimum Gasteiger partial charge on any atom is -0.497 e. The zero-order valence-electron chi connectivity index (χ0n) is 18.8. The number of carbonyl (C=O) groups excluding carboxylic acids is 1. The van der Waals surface area contributed by atoms with E-state index in [0.717, 1.165) is 11.3 Å². The van der Waals surface area contributed by atoms with Crippen molar-refractivity contribution in [3.8, 4) is 17.2 Å². The monoisotopic (exact) mass is 462 g/mol. The lowest BCUT2D eigenvalue weighted by molar-refractivity contribution is -0.126. The van der Waals surface area contributed by atoms with E-state index in [1.807, 2.05) is 31.2 Å². The van der Waals surface area contributed by atoms with Crippen LogP contribution in [0.4, 0.5) is 0 Å². The highest BCUT2D eigenvalue weighted by Gasteiger charge is 2.35. The van der Waals surface area contributed by atoms with E-state index in [4.69, 9.17) is 14.2 Å². The molecule has 0 saturated carbocycles. The fourth-order valence-corrected chi connectivity index (χ4v) is 5.50. The SMILES string of the molecule is COc1ccc([C@H](C)NC(=O)[C@H]2CCCN(S(=O)(=O)c3cc(OC)ccc3OC)C2)cc1. The Morgan fingerprint density at radius 2 is 1.69 bits per heavy atom. The molecule has 0 radical (unpaired) electrons. The van der Waals surface area contributed by atoms with Crippen LogP contribution in [0.15, 0.2) is 47.4 Å². The van der Waals surface area contributed by atoms with Gasteiger partial charge in [0, 0.05) is 19.2 Å². The Bertz CT molecular complexity index is 1040. The Hall–Kier alpha value is -2.78. The molecule has 1 aliphatic rings. The van der Waals surface area contributed by atoms with Crippen molar-refractivity contribution < 1.29 is 27.4 Å². The molecule has 0 aromatic heterocycles. The summed E-state index contributed by atoms with van der Waals surface area (Å²) >= 11 is 0. The third-order valence-corrected chi connectivity index (χ3v) is 7.60. The Morgan fingerprint density at radius 3 is 2.31 bits per heavy atom. The van der Waals surface area contributed by atoms with Gasteiger partial charge in [0.25, 0.3) is 0 Å². The molecule has 0 bridgehead atoms. The summed E-state index contributed by atoms with van der Waals surface area (Å²) in [4.78, 5) is 13.0. The Balaban J connectivity index is 1.73. The molecule has 2 aromatic carbocycles. The van der Waals surface area contributed by atoms with Crippen LogP contribution in [0.25, 0.3) is 0 Å². The lowest BCUT2D eigenvalue weighted by Gasteiger charge is -2.32. The molecule has 8 nitrogen and oxygen atoms in total. The first-order valence-electron chi connectivity index (χ1n) is 10.5. The predicted octanol–water partition coefficient (Wildman–Crippen LogP) is 2.99. The quantitative estimate of drug-likeness (QED) is 0.648. The zero-order valence-corrected chi connectivity index (χ0v) is 19.6. The summed E-state index contributed by atoms with van der Waals surface area (Å²) in [6.45, 7) is 2.36. The highest BCUT2D eigenvalue weighted by Crippen LogP contribution is 2.33. The molecular formula is C23H30N2O6S. The topological polar surface area (TPSA) is 94.2 Å². The van der Waals surface area contributed by atoms with E-state index >= 15 is 0 Å². The molecule has 1 aliphatic heterocycles. The molecule has 2 aromatic rings. The van der Waals surface area contributed by atoms with Gasteiger partial charge in [-0.3, -0.25) is 4.79 Å². The number of carbonyl (C=O) groups is 1.